The number of hydrogen-bond acceptors (Lipinski definition) is 5. The number of aliphatic hydroxyl groups excluding tert-OH is 1. The molecule has 0 aliphatic carbocycles. The Morgan fingerprint density at radius 2 is 2.06 bits per heavy atom. The van der Waals surface area contributed by atoms with Gasteiger partial charge in [-0.3, -0.25) is 0 Å². The summed E-state index contributed by atoms with van der Waals surface area (Å²) in [4.78, 5) is 10.3. The summed E-state index contributed by atoms with van der Waals surface area (Å²) in [5, 5.41) is 10.7. The van der Waals surface area contributed by atoms with Crippen molar-refractivity contribution in [1.29, 1.82) is 0 Å². The van der Waals surface area contributed by atoms with Gasteiger partial charge in [0, 0.05) is 19.6 Å². The Morgan fingerprint density at radius 1 is 1.29 bits per heavy atom. The van der Waals surface area contributed by atoms with Crippen molar-refractivity contribution in [2.75, 3.05) is 38.1 Å². The third kappa shape index (κ3) is 2.97. The number of aliphatic hydroxyl groups is 1. The van der Waals surface area contributed by atoms with Crippen molar-refractivity contribution in [3.8, 4) is 0 Å². The Morgan fingerprint density at radius 3 is 2.71 bits per heavy atom. The lowest BCUT2D eigenvalue weighted by Gasteiger charge is -2.19. The zero-order valence-electron chi connectivity index (χ0n) is 10.8. The maximum atomic E-state index is 9.66. The summed E-state index contributed by atoms with van der Waals surface area (Å²) in [6.45, 7) is 8.12. The normalized spacial score (nSPS) is 20.4. The lowest BCUT2D eigenvalue weighted by Crippen LogP contribution is -2.28. The van der Waals surface area contributed by atoms with Crippen LogP contribution >= 0.6 is 11.3 Å². The summed E-state index contributed by atoms with van der Waals surface area (Å²) in [6, 6.07) is 0. The number of hydrogen-bond donors (Lipinski definition) is 1. The largest absolute Gasteiger partial charge is 0.388 e. The second kappa shape index (κ2) is 5.33. The molecule has 0 spiro atoms. The number of rotatable bonds is 2. The van der Waals surface area contributed by atoms with Crippen molar-refractivity contribution in [3.05, 3.63) is 10.6 Å². The van der Waals surface area contributed by atoms with E-state index in [1.807, 2.05) is 6.92 Å². The van der Waals surface area contributed by atoms with Crippen LogP contribution in [0.4, 0.5) is 5.13 Å². The molecule has 1 unspecified atom stereocenters. The minimum atomic E-state index is -0.407. The van der Waals surface area contributed by atoms with Gasteiger partial charge in [0.15, 0.2) is 5.13 Å². The monoisotopic (exact) mass is 255 g/mol. The van der Waals surface area contributed by atoms with Gasteiger partial charge in [-0.15, -0.1) is 0 Å². The van der Waals surface area contributed by atoms with Crippen LogP contribution in [0.3, 0.4) is 0 Å². The summed E-state index contributed by atoms with van der Waals surface area (Å²) in [6.07, 6.45) is 0.773. The predicted molar refractivity (Wildman–Crippen MR) is 71.8 cm³/mol. The molecule has 0 saturated carbocycles. The van der Waals surface area contributed by atoms with Crippen LogP contribution in [0.15, 0.2) is 0 Å². The van der Waals surface area contributed by atoms with Gasteiger partial charge in [-0.2, -0.15) is 0 Å². The van der Waals surface area contributed by atoms with Gasteiger partial charge in [0.05, 0.1) is 16.7 Å². The van der Waals surface area contributed by atoms with E-state index in [0.717, 1.165) is 41.9 Å². The van der Waals surface area contributed by atoms with Crippen molar-refractivity contribution in [2.45, 2.75) is 26.4 Å². The summed E-state index contributed by atoms with van der Waals surface area (Å²) in [7, 11) is 2.16. The Balaban J connectivity index is 2.13. The molecule has 17 heavy (non-hydrogen) atoms. The molecule has 1 saturated heterocycles. The second-order valence-electron chi connectivity index (χ2n) is 4.77. The van der Waals surface area contributed by atoms with Crippen LogP contribution in [0.25, 0.3) is 0 Å². The van der Waals surface area contributed by atoms with Crippen molar-refractivity contribution < 1.29 is 5.11 Å². The second-order valence-corrected chi connectivity index (χ2v) is 5.78. The van der Waals surface area contributed by atoms with Crippen molar-refractivity contribution in [1.82, 2.24) is 9.88 Å². The van der Waals surface area contributed by atoms with Gasteiger partial charge in [0.25, 0.3) is 0 Å². The van der Waals surface area contributed by atoms with Gasteiger partial charge in [0.2, 0.25) is 0 Å². The third-order valence-corrected chi connectivity index (χ3v) is 4.58. The van der Waals surface area contributed by atoms with Crippen LogP contribution in [-0.2, 0) is 0 Å². The van der Waals surface area contributed by atoms with Crippen molar-refractivity contribution in [3.63, 3.8) is 0 Å². The Hall–Kier alpha value is -0.650. The van der Waals surface area contributed by atoms with Gasteiger partial charge < -0.3 is 14.9 Å². The molecule has 0 aromatic carbocycles. The quantitative estimate of drug-likeness (QED) is 0.872. The number of aryl methyl sites for hydroxylation is 1. The molecule has 1 aliphatic heterocycles. The zero-order chi connectivity index (χ0) is 12.4. The molecule has 2 rings (SSSR count). The SMILES string of the molecule is Cc1nc(N2CCCN(C)CC2)sc1C(C)O. The van der Waals surface area contributed by atoms with Gasteiger partial charge >= 0.3 is 0 Å². The van der Waals surface area contributed by atoms with Crippen LogP contribution in [0, 0.1) is 6.92 Å². The average Bonchev–Trinajstić information content (AvgIpc) is 2.52. The van der Waals surface area contributed by atoms with Crippen LogP contribution in [-0.4, -0.2) is 48.2 Å². The molecule has 1 atom stereocenters. The molecule has 1 aromatic heterocycles. The van der Waals surface area contributed by atoms with Crippen molar-refractivity contribution >= 4 is 16.5 Å². The highest BCUT2D eigenvalue weighted by Gasteiger charge is 2.18. The van der Waals surface area contributed by atoms with Gasteiger partial charge in [-0.05, 0) is 33.9 Å². The number of thiazole rings is 1. The molecule has 4 nitrogen and oxygen atoms in total. The molecule has 0 bridgehead atoms. The Bertz CT molecular complexity index is 378. The fourth-order valence-electron chi connectivity index (χ4n) is 2.15. The molecule has 5 heteroatoms. The van der Waals surface area contributed by atoms with Gasteiger partial charge in [0.1, 0.15) is 0 Å². The topological polar surface area (TPSA) is 39.6 Å². The first-order valence-electron chi connectivity index (χ1n) is 6.17. The number of likely N-dealkylation sites (N-methyl/N-ethyl adjacent to an activating group) is 1. The van der Waals surface area contributed by atoms with E-state index in [9.17, 15) is 5.11 Å². The number of aromatic nitrogens is 1. The van der Waals surface area contributed by atoms with Crippen LogP contribution in [0.2, 0.25) is 0 Å². The number of nitrogens with zero attached hydrogens (tertiary/aromatic N) is 3. The van der Waals surface area contributed by atoms with E-state index in [1.165, 1.54) is 6.42 Å². The third-order valence-electron chi connectivity index (χ3n) is 3.19. The van der Waals surface area contributed by atoms with Crippen LogP contribution in [0.5, 0.6) is 0 Å². The highest BCUT2D eigenvalue weighted by molar-refractivity contribution is 7.15. The molecule has 1 aromatic rings. The molecule has 1 fully saturated rings. The average molecular weight is 255 g/mol. The minimum Gasteiger partial charge on any atom is -0.388 e. The predicted octanol–water partition coefficient (Wildman–Crippen LogP) is 1.65. The molecular formula is C12H21N3OS. The highest BCUT2D eigenvalue weighted by atomic mass is 32.1. The lowest BCUT2D eigenvalue weighted by atomic mass is 10.3. The Kier molecular flexibility index (Phi) is 4.01. The van der Waals surface area contributed by atoms with E-state index >= 15 is 0 Å². The van der Waals surface area contributed by atoms with E-state index in [-0.39, 0.29) is 0 Å². The lowest BCUT2D eigenvalue weighted by molar-refractivity contribution is 0.202. The fourth-order valence-corrected chi connectivity index (χ4v) is 3.21. The highest BCUT2D eigenvalue weighted by Crippen LogP contribution is 2.30. The Labute approximate surface area is 107 Å². The fraction of sp³-hybridized carbons (Fsp3) is 0.750. The molecule has 1 N–H and O–H groups in total. The van der Waals surface area contributed by atoms with E-state index in [0.29, 0.717) is 0 Å². The maximum absolute atomic E-state index is 9.66. The van der Waals surface area contributed by atoms with E-state index in [4.69, 9.17) is 0 Å². The molecule has 1 aliphatic rings. The summed E-state index contributed by atoms with van der Waals surface area (Å²) in [5.41, 5.74) is 0.970. The number of anilines is 1. The van der Waals surface area contributed by atoms with E-state index in [1.54, 1.807) is 18.3 Å². The minimum absolute atomic E-state index is 0.407. The zero-order valence-corrected chi connectivity index (χ0v) is 11.6. The van der Waals surface area contributed by atoms with E-state index in [2.05, 4.69) is 21.8 Å². The van der Waals surface area contributed by atoms with E-state index < -0.39 is 6.10 Å². The maximum Gasteiger partial charge on any atom is 0.185 e. The summed E-state index contributed by atoms with van der Waals surface area (Å²) >= 11 is 1.63. The molecule has 2 heterocycles. The molecule has 0 amide bonds. The van der Waals surface area contributed by atoms with Crippen LogP contribution < -0.4 is 4.90 Å². The van der Waals surface area contributed by atoms with Crippen LogP contribution in [0.1, 0.15) is 30.0 Å². The van der Waals surface area contributed by atoms with Gasteiger partial charge in [-0.25, -0.2) is 4.98 Å². The van der Waals surface area contributed by atoms with Crippen molar-refractivity contribution in [2.24, 2.45) is 0 Å². The molecule has 96 valence electrons. The summed E-state index contributed by atoms with van der Waals surface area (Å²) < 4.78 is 0. The summed E-state index contributed by atoms with van der Waals surface area (Å²) in [5.74, 6) is 0. The first kappa shape index (κ1) is 12.8. The standard InChI is InChI=1S/C12H21N3OS/c1-9-11(10(2)16)17-12(13-9)15-6-4-5-14(3)7-8-15/h10,16H,4-8H2,1-3H3. The first-order valence-corrected chi connectivity index (χ1v) is 6.98. The van der Waals surface area contributed by atoms with Gasteiger partial charge in [-0.1, -0.05) is 11.3 Å². The molecule has 0 radical (unpaired) electrons. The smallest absolute Gasteiger partial charge is 0.185 e. The molecular weight excluding hydrogens is 234 g/mol. The first-order chi connectivity index (χ1) is 8.08.